The van der Waals surface area contributed by atoms with Crippen molar-refractivity contribution in [2.75, 3.05) is 18.0 Å². The maximum atomic E-state index is 6.13. The zero-order valence-electron chi connectivity index (χ0n) is 15.5. The molecule has 1 fully saturated rings. The number of nitrogens with one attached hydrogen (secondary N) is 1. The van der Waals surface area contributed by atoms with Crippen LogP contribution in [0.3, 0.4) is 0 Å². The Morgan fingerprint density at radius 1 is 1.12 bits per heavy atom. The lowest BCUT2D eigenvalue weighted by molar-refractivity contribution is 0.490. The zero-order chi connectivity index (χ0) is 18.3. The topological polar surface area (TPSA) is 49.7 Å². The van der Waals surface area contributed by atoms with Gasteiger partial charge in [-0.3, -0.25) is 0 Å². The Labute approximate surface area is 159 Å². The molecule has 0 unspecified atom stereocenters. The van der Waals surface area contributed by atoms with Crippen molar-refractivity contribution < 1.29 is 0 Å². The van der Waals surface area contributed by atoms with Crippen LogP contribution < -0.4 is 4.90 Å². The van der Waals surface area contributed by atoms with Gasteiger partial charge in [-0.15, -0.1) is 0 Å². The van der Waals surface area contributed by atoms with Gasteiger partial charge in [0.1, 0.15) is 5.82 Å². The molecular weight excluding hydrogens is 346 g/mol. The lowest BCUT2D eigenvalue weighted by atomic mass is 9.92. The third-order valence-corrected chi connectivity index (χ3v) is 5.51. The number of anilines is 1. The van der Waals surface area contributed by atoms with Gasteiger partial charge in [0.15, 0.2) is 0 Å². The molecule has 6 heteroatoms. The first-order valence-corrected chi connectivity index (χ1v) is 9.48. The molecule has 1 saturated heterocycles. The van der Waals surface area contributed by atoms with Gasteiger partial charge in [-0.05, 0) is 57.4 Å². The first-order chi connectivity index (χ1) is 12.5. The number of H-pyrrole nitrogens is 1. The van der Waals surface area contributed by atoms with Crippen molar-refractivity contribution in [3.63, 3.8) is 0 Å². The molecule has 0 amide bonds. The van der Waals surface area contributed by atoms with E-state index in [4.69, 9.17) is 16.7 Å². The summed E-state index contributed by atoms with van der Waals surface area (Å²) in [6.45, 7) is 8.25. The Balaban J connectivity index is 1.59. The highest BCUT2D eigenvalue weighted by atomic mass is 35.5. The number of aromatic nitrogens is 4. The van der Waals surface area contributed by atoms with E-state index in [0.29, 0.717) is 5.92 Å². The van der Waals surface area contributed by atoms with Gasteiger partial charge in [-0.1, -0.05) is 11.6 Å². The minimum Gasteiger partial charge on any atom is -0.356 e. The number of rotatable bonds is 3. The van der Waals surface area contributed by atoms with E-state index < -0.39 is 0 Å². The zero-order valence-corrected chi connectivity index (χ0v) is 16.2. The van der Waals surface area contributed by atoms with Crippen molar-refractivity contribution in [3.05, 3.63) is 58.3 Å². The van der Waals surface area contributed by atoms with E-state index in [-0.39, 0.29) is 0 Å². The van der Waals surface area contributed by atoms with E-state index in [0.717, 1.165) is 53.7 Å². The third kappa shape index (κ3) is 3.12. The van der Waals surface area contributed by atoms with E-state index in [1.807, 2.05) is 25.1 Å². The van der Waals surface area contributed by atoms with Gasteiger partial charge in [-0.2, -0.15) is 5.10 Å². The number of hydrogen-bond acceptors (Lipinski definition) is 3. The van der Waals surface area contributed by atoms with Crippen LogP contribution in [-0.4, -0.2) is 32.8 Å². The molecule has 3 heterocycles. The number of imidazole rings is 1. The summed E-state index contributed by atoms with van der Waals surface area (Å²) in [7, 11) is 0. The summed E-state index contributed by atoms with van der Waals surface area (Å²) in [5, 5.41) is 5.50. The van der Waals surface area contributed by atoms with E-state index in [1.165, 1.54) is 11.4 Å². The van der Waals surface area contributed by atoms with Crippen molar-refractivity contribution in [2.24, 2.45) is 0 Å². The summed E-state index contributed by atoms with van der Waals surface area (Å²) in [6, 6.07) is 8.14. The molecule has 0 spiro atoms. The second kappa shape index (κ2) is 6.80. The lowest BCUT2D eigenvalue weighted by Crippen LogP contribution is -2.34. The molecule has 0 radical (unpaired) electrons. The fourth-order valence-electron chi connectivity index (χ4n) is 3.91. The van der Waals surface area contributed by atoms with Crippen molar-refractivity contribution in [2.45, 2.75) is 39.5 Å². The highest BCUT2D eigenvalue weighted by Gasteiger charge is 2.26. The molecule has 0 bridgehead atoms. The van der Waals surface area contributed by atoms with Gasteiger partial charge in [0, 0.05) is 35.8 Å². The fourth-order valence-corrected chi connectivity index (χ4v) is 4.13. The predicted molar refractivity (Wildman–Crippen MR) is 106 cm³/mol. The molecule has 1 aliphatic rings. The minimum atomic E-state index is 0.534. The summed E-state index contributed by atoms with van der Waals surface area (Å²) in [5.41, 5.74) is 5.66. The molecule has 5 nitrogen and oxygen atoms in total. The molecule has 136 valence electrons. The molecule has 0 atom stereocenters. The van der Waals surface area contributed by atoms with Gasteiger partial charge in [0.2, 0.25) is 0 Å². The van der Waals surface area contributed by atoms with Crippen molar-refractivity contribution in [3.8, 4) is 5.69 Å². The van der Waals surface area contributed by atoms with Gasteiger partial charge in [-0.25, -0.2) is 9.67 Å². The molecule has 1 aliphatic heterocycles. The maximum absolute atomic E-state index is 6.13. The average Bonchev–Trinajstić information content (AvgIpc) is 3.21. The highest BCUT2D eigenvalue weighted by Crippen LogP contribution is 2.32. The SMILES string of the molecule is Cc1cc(N2CCC(c3nc[nH]c3C)CC2)n(-c2ccc(Cl)cc2C)n1. The summed E-state index contributed by atoms with van der Waals surface area (Å²) >= 11 is 6.13. The predicted octanol–water partition coefficient (Wildman–Crippen LogP) is 4.56. The summed E-state index contributed by atoms with van der Waals surface area (Å²) in [6.07, 6.45) is 4.02. The van der Waals surface area contributed by atoms with E-state index in [9.17, 15) is 0 Å². The van der Waals surface area contributed by atoms with Crippen LogP contribution in [0.15, 0.2) is 30.6 Å². The second-order valence-electron chi connectivity index (χ2n) is 7.16. The molecule has 2 aromatic heterocycles. The normalized spacial score (nSPS) is 15.6. The van der Waals surface area contributed by atoms with E-state index >= 15 is 0 Å². The molecule has 26 heavy (non-hydrogen) atoms. The van der Waals surface area contributed by atoms with Crippen LogP contribution in [-0.2, 0) is 0 Å². The van der Waals surface area contributed by atoms with E-state index in [2.05, 4.69) is 39.5 Å². The quantitative estimate of drug-likeness (QED) is 0.736. The monoisotopic (exact) mass is 369 g/mol. The smallest absolute Gasteiger partial charge is 0.132 e. The summed E-state index contributed by atoms with van der Waals surface area (Å²) < 4.78 is 2.06. The van der Waals surface area contributed by atoms with Crippen LogP contribution in [0.4, 0.5) is 5.82 Å². The summed E-state index contributed by atoms with van der Waals surface area (Å²) in [4.78, 5) is 10.2. The molecule has 0 saturated carbocycles. The lowest BCUT2D eigenvalue weighted by Gasteiger charge is -2.33. The number of aryl methyl sites for hydroxylation is 3. The first kappa shape index (κ1) is 17.2. The molecular formula is C20H24ClN5. The van der Waals surface area contributed by atoms with E-state index in [1.54, 1.807) is 6.33 Å². The molecule has 4 rings (SSSR count). The Morgan fingerprint density at radius 2 is 1.88 bits per heavy atom. The van der Waals surface area contributed by atoms with Crippen molar-refractivity contribution in [1.82, 2.24) is 19.7 Å². The third-order valence-electron chi connectivity index (χ3n) is 5.27. The second-order valence-corrected chi connectivity index (χ2v) is 7.60. The standard InChI is InChI=1S/C20H24ClN5/c1-13-10-17(21)4-5-18(13)26-19(11-14(2)24-26)25-8-6-16(7-9-25)20-15(3)22-12-23-20/h4-5,10-12,16H,6-9H2,1-3H3,(H,22,23). The number of benzene rings is 1. The Kier molecular flexibility index (Phi) is 4.49. The molecule has 0 aliphatic carbocycles. The van der Waals surface area contributed by atoms with Gasteiger partial charge >= 0.3 is 0 Å². The number of piperidine rings is 1. The van der Waals surface area contributed by atoms with Crippen LogP contribution in [0.1, 0.15) is 41.4 Å². The largest absolute Gasteiger partial charge is 0.356 e. The van der Waals surface area contributed by atoms with Crippen molar-refractivity contribution >= 4 is 17.4 Å². The van der Waals surface area contributed by atoms with Crippen LogP contribution in [0, 0.1) is 20.8 Å². The Bertz CT molecular complexity index is 918. The van der Waals surface area contributed by atoms with Gasteiger partial charge in [0.25, 0.3) is 0 Å². The highest BCUT2D eigenvalue weighted by molar-refractivity contribution is 6.30. The first-order valence-electron chi connectivity index (χ1n) is 9.11. The number of aromatic amines is 1. The minimum absolute atomic E-state index is 0.534. The fraction of sp³-hybridized carbons (Fsp3) is 0.400. The number of halogens is 1. The van der Waals surface area contributed by atoms with Crippen LogP contribution in [0.2, 0.25) is 5.02 Å². The summed E-state index contributed by atoms with van der Waals surface area (Å²) in [5.74, 6) is 1.69. The number of hydrogen-bond donors (Lipinski definition) is 1. The van der Waals surface area contributed by atoms with Gasteiger partial charge < -0.3 is 9.88 Å². The maximum Gasteiger partial charge on any atom is 0.132 e. The number of nitrogens with zero attached hydrogens (tertiary/aromatic N) is 4. The Morgan fingerprint density at radius 3 is 2.54 bits per heavy atom. The Hall–Kier alpha value is -2.27. The van der Waals surface area contributed by atoms with Crippen LogP contribution >= 0.6 is 11.6 Å². The molecule has 1 aromatic carbocycles. The van der Waals surface area contributed by atoms with Crippen LogP contribution in [0.25, 0.3) is 5.69 Å². The molecule has 3 aromatic rings. The molecule has 1 N–H and O–H groups in total. The van der Waals surface area contributed by atoms with Crippen LogP contribution in [0.5, 0.6) is 0 Å². The average molecular weight is 370 g/mol. The van der Waals surface area contributed by atoms with Crippen molar-refractivity contribution in [1.29, 1.82) is 0 Å². The van der Waals surface area contributed by atoms with Gasteiger partial charge in [0.05, 0.1) is 23.4 Å².